The van der Waals surface area contributed by atoms with Crippen molar-refractivity contribution >= 4 is 11.3 Å². The molecule has 0 amide bonds. The van der Waals surface area contributed by atoms with Crippen molar-refractivity contribution < 1.29 is 0 Å². The summed E-state index contributed by atoms with van der Waals surface area (Å²) in [6, 6.07) is 0.681. The predicted molar refractivity (Wildman–Crippen MR) is 85.8 cm³/mol. The number of unbranched alkanes of at least 4 members (excludes halogenated alkanes) is 4. The lowest BCUT2D eigenvalue weighted by molar-refractivity contribution is 0.416. The fourth-order valence-corrected chi connectivity index (χ4v) is 2.98. The Bertz CT molecular complexity index is 312. The molecule has 0 saturated heterocycles. The molecule has 3 heteroatoms. The van der Waals surface area contributed by atoms with E-state index in [1.54, 1.807) is 11.3 Å². The molecule has 1 rings (SSSR count). The van der Waals surface area contributed by atoms with Crippen molar-refractivity contribution in [2.45, 2.75) is 84.7 Å². The van der Waals surface area contributed by atoms with E-state index in [4.69, 9.17) is 0 Å². The maximum atomic E-state index is 4.53. The number of hydrogen-bond acceptors (Lipinski definition) is 3. The van der Waals surface area contributed by atoms with Crippen LogP contribution in [0.1, 0.15) is 75.9 Å². The molecular weight excluding hydrogens is 252 g/mol. The molecule has 0 spiro atoms. The van der Waals surface area contributed by atoms with E-state index in [2.05, 4.69) is 36.5 Å². The van der Waals surface area contributed by atoms with Gasteiger partial charge in [-0.3, -0.25) is 0 Å². The molecule has 1 N–H and O–H groups in total. The molecule has 110 valence electrons. The number of nitrogens with zero attached hydrogens (tertiary/aromatic N) is 1. The molecule has 2 nitrogen and oxygen atoms in total. The minimum Gasteiger partial charge on any atom is -0.308 e. The van der Waals surface area contributed by atoms with Gasteiger partial charge in [0.15, 0.2) is 0 Å². The Kier molecular flexibility index (Phi) is 9.10. The van der Waals surface area contributed by atoms with Gasteiger partial charge in [-0.25, -0.2) is 4.98 Å². The van der Waals surface area contributed by atoms with Crippen LogP contribution >= 0.6 is 11.3 Å². The van der Waals surface area contributed by atoms with Gasteiger partial charge in [-0.1, -0.05) is 52.4 Å². The smallest absolute Gasteiger partial charge is 0.0897 e. The van der Waals surface area contributed by atoms with Crippen molar-refractivity contribution in [3.63, 3.8) is 0 Å². The second-order valence-corrected chi connectivity index (χ2v) is 6.49. The molecule has 1 heterocycles. The van der Waals surface area contributed by atoms with Gasteiger partial charge in [-0.15, -0.1) is 11.3 Å². The molecule has 0 radical (unpaired) electrons. The van der Waals surface area contributed by atoms with Crippen LogP contribution < -0.4 is 5.32 Å². The third-order valence-corrected chi connectivity index (χ3v) is 4.37. The Morgan fingerprint density at radius 3 is 2.21 bits per heavy atom. The molecular formula is C16H30N2S. The van der Waals surface area contributed by atoms with Gasteiger partial charge in [0, 0.05) is 18.0 Å². The van der Waals surface area contributed by atoms with Crippen LogP contribution in [-0.4, -0.2) is 11.0 Å². The molecule has 0 saturated carbocycles. The van der Waals surface area contributed by atoms with E-state index in [9.17, 15) is 0 Å². The minimum absolute atomic E-state index is 0.681. The SMILES string of the molecule is CCCCCC(CCCCC)NCc1csc(C)n1. The van der Waals surface area contributed by atoms with Crippen LogP contribution in [0.25, 0.3) is 0 Å². The summed E-state index contributed by atoms with van der Waals surface area (Å²) in [5, 5.41) is 7.06. The second-order valence-electron chi connectivity index (χ2n) is 5.43. The quantitative estimate of drug-likeness (QED) is 0.573. The van der Waals surface area contributed by atoms with Gasteiger partial charge in [0.2, 0.25) is 0 Å². The molecule has 0 bridgehead atoms. The summed E-state index contributed by atoms with van der Waals surface area (Å²) in [4.78, 5) is 4.53. The first-order valence-electron chi connectivity index (χ1n) is 7.90. The maximum absolute atomic E-state index is 4.53. The Morgan fingerprint density at radius 2 is 1.74 bits per heavy atom. The van der Waals surface area contributed by atoms with Gasteiger partial charge in [0.05, 0.1) is 10.7 Å². The van der Waals surface area contributed by atoms with Gasteiger partial charge in [0.1, 0.15) is 0 Å². The zero-order valence-electron chi connectivity index (χ0n) is 12.9. The lowest BCUT2D eigenvalue weighted by atomic mass is 10.0. The summed E-state index contributed by atoms with van der Waals surface area (Å²) in [7, 11) is 0. The standard InChI is InChI=1S/C16H30N2S/c1-4-6-8-10-15(11-9-7-5-2)17-12-16-13-19-14(3)18-16/h13,15,17H,4-12H2,1-3H3. The number of aromatic nitrogens is 1. The number of hydrogen-bond donors (Lipinski definition) is 1. The normalized spacial score (nSPS) is 11.4. The summed E-state index contributed by atoms with van der Waals surface area (Å²) < 4.78 is 0. The largest absolute Gasteiger partial charge is 0.308 e. The molecule has 19 heavy (non-hydrogen) atoms. The molecule has 0 atom stereocenters. The average Bonchev–Trinajstić information content (AvgIpc) is 2.81. The number of thiazole rings is 1. The molecule has 0 unspecified atom stereocenters. The van der Waals surface area contributed by atoms with Gasteiger partial charge < -0.3 is 5.32 Å². The van der Waals surface area contributed by atoms with Crippen LogP contribution in [0.2, 0.25) is 0 Å². The summed E-state index contributed by atoms with van der Waals surface area (Å²) in [5.74, 6) is 0. The van der Waals surface area contributed by atoms with Crippen LogP contribution in [0.4, 0.5) is 0 Å². The van der Waals surface area contributed by atoms with E-state index >= 15 is 0 Å². The van der Waals surface area contributed by atoms with E-state index in [-0.39, 0.29) is 0 Å². The van der Waals surface area contributed by atoms with Gasteiger partial charge in [-0.2, -0.15) is 0 Å². The van der Waals surface area contributed by atoms with Gasteiger partial charge in [0.25, 0.3) is 0 Å². The van der Waals surface area contributed by atoms with Crippen molar-refractivity contribution in [2.75, 3.05) is 0 Å². The first-order chi connectivity index (χ1) is 9.26. The molecule has 0 aliphatic carbocycles. The Balaban J connectivity index is 2.29. The van der Waals surface area contributed by atoms with Crippen molar-refractivity contribution in [2.24, 2.45) is 0 Å². The van der Waals surface area contributed by atoms with Crippen molar-refractivity contribution in [1.29, 1.82) is 0 Å². The summed E-state index contributed by atoms with van der Waals surface area (Å²) in [6.07, 6.45) is 10.7. The van der Waals surface area contributed by atoms with E-state index < -0.39 is 0 Å². The van der Waals surface area contributed by atoms with Crippen LogP contribution in [0, 0.1) is 6.92 Å². The third kappa shape index (κ3) is 7.68. The first kappa shape index (κ1) is 16.6. The highest BCUT2D eigenvalue weighted by atomic mass is 32.1. The zero-order chi connectivity index (χ0) is 13.9. The van der Waals surface area contributed by atoms with E-state index in [0.29, 0.717) is 6.04 Å². The monoisotopic (exact) mass is 282 g/mol. The average molecular weight is 282 g/mol. The van der Waals surface area contributed by atoms with E-state index in [1.165, 1.54) is 62.1 Å². The fourth-order valence-electron chi connectivity index (χ4n) is 2.37. The number of rotatable bonds is 11. The highest BCUT2D eigenvalue weighted by molar-refractivity contribution is 7.09. The molecule has 0 aliphatic rings. The summed E-state index contributed by atoms with van der Waals surface area (Å²) in [5.41, 5.74) is 1.21. The zero-order valence-corrected chi connectivity index (χ0v) is 13.7. The van der Waals surface area contributed by atoms with Gasteiger partial charge >= 0.3 is 0 Å². The van der Waals surface area contributed by atoms with E-state index in [1.807, 2.05) is 0 Å². The van der Waals surface area contributed by atoms with E-state index in [0.717, 1.165) is 6.54 Å². The van der Waals surface area contributed by atoms with Crippen molar-refractivity contribution in [1.82, 2.24) is 10.3 Å². The Labute approximate surface area is 123 Å². The van der Waals surface area contributed by atoms with Crippen molar-refractivity contribution in [3.8, 4) is 0 Å². The van der Waals surface area contributed by atoms with Crippen LogP contribution in [0.15, 0.2) is 5.38 Å². The highest BCUT2D eigenvalue weighted by Gasteiger charge is 2.08. The molecule has 0 aromatic carbocycles. The fraction of sp³-hybridized carbons (Fsp3) is 0.812. The summed E-state index contributed by atoms with van der Waals surface area (Å²) in [6.45, 7) is 7.57. The lowest BCUT2D eigenvalue weighted by Gasteiger charge is -2.18. The topological polar surface area (TPSA) is 24.9 Å². The van der Waals surface area contributed by atoms with Crippen LogP contribution in [0.3, 0.4) is 0 Å². The molecule has 0 fully saturated rings. The summed E-state index contributed by atoms with van der Waals surface area (Å²) >= 11 is 1.75. The molecule has 1 aromatic heterocycles. The van der Waals surface area contributed by atoms with Gasteiger partial charge in [-0.05, 0) is 19.8 Å². The lowest BCUT2D eigenvalue weighted by Crippen LogP contribution is -2.28. The van der Waals surface area contributed by atoms with Crippen molar-refractivity contribution in [3.05, 3.63) is 16.1 Å². The number of nitrogens with one attached hydrogen (secondary N) is 1. The molecule has 0 aliphatic heterocycles. The first-order valence-corrected chi connectivity index (χ1v) is 8.78. The predicted octanol–water partition coefficient (Wildman–Crippen LogP) is 5.07. The highest BCUT2D eigenvalue weighted by Crippen LogP contribution is 2.13. The van der Waals surface area contributed by atoms with Crippen LogP contribution in [0.5, 0.6) is 0 Å². The number of aryl methyl sites for hydroxylation is 1. The second kappa shape index (κ2) is 10.4. The van der Waals surface area contributed by atoms with Crippen LogP contribution in [-0.2, 0) is 6.54 Å². The minimum atomic E-state index is 0.681. The Hall–Kier alpha value is -0.410. The molecule has 1 aromatic rings. The third-order valence-electron chi connectivity index (χ3n) is 3.55. The Morgan fingerprint density at radius 1 is 1.11 bits per heavy atom. The maximum Gasteiger partial charge on any atom is 0.0897 e.